The van der Waals surface area contributed by atoms with Crippen molar-refractivity contribution in [1.29, 1.82) is 0 Å². The standard InChI is InChI=1S/C29H33N3O5/c1-5-11-22-16-20(17-25(35-3)26(22)37-19(2)29(34)36-4)18-30-32-27(21-12-7-6-8-13-21)31-24-15-10-9-14-23(24)28(32)33/h5,9-10,14-19,21H,1,6-8,11-13H2,2-4H3/t19-/m0/s1. The molecule has 1 saturated carbocycles. The van der Waals surface area contributed by atoms with E-state index >= 15 is 0 Å². The first-order valence-electron chi connectivity index (χ1n) is 12.6. The van der Waals surface area contributed by atoms with E-state index in [0.717, 1.165) is 31.2 Å². The van der Waals surface area contributed by atoms with Crippen LogP contribution in [0, 0.1) is 0 Å². The van der Waals surface area contributed by atoms with Crippen LogP contribution in [0.1, 0.15) is 61.9 Å². The van der Waals surface area contributed by atoms with Crippen molar-refractivity contribution < 1.29 is 19.0 Å². The molecule has 1 heterocycles. The Kier molecular flexibility index (Phi) is 8.38. The van der Waals surface area contributed by atoms with Gasteiger partial charge in [0.05, 0.1) is 31.3 Å². The number of benzene rings is 2. The molecule has 1 atom stereocenters. The molecule has 1 aliphatic rings. The zero-order valence-electron chi connectivity index (χ0n) is 21.6. The highest BCUT2D eigenvalue weighted by Gasteiger charge is 2.23. The van der Waals surface area contributed by atoms with Gasteiger partial charge in [-0.15, -0.1) is 6.58 Å². The molecule has 1 aliphatic carbocycles. The third kappa shape index (κ3) is 5.74. The summed E-state index contributed by atoms with van der Waals surface area (Å²) in [7, 11) is 2.84. The molecule has 0 radical (unpaired) electrons. The van der Waals surface area contributed by atoms with E-state index in [9.17, 15) is 9.59 Å². The number of allylic oxidation sites excluding steroid dienone is 1. The second-order valence-corrected chi connectivity index (χ2v) is 9.17. The summed E-state index contributed by atoms with van der Waals surface area (Å²) < 4.78 is 17.7. The second-order valence-electron chi connectivity index (χ2n) is 9.17. The number of hydrogen-bond acceptors (Lipinski definition) is 7. The Morgan fingerprint density at radius 1 is 1.22 bits per heavy atom. The van der Waals surface area contributed by atoms with Gasteiger partial charge in [-0.05, 0) is 56.0 Å². The molecule has 194 valence electrons. The van der Waals surface area contributed by atoms with E-state index in [-0.39, 0.29) is 11.5 Å². The van der Waals surface area contributed by atoms with Gasteiger partial charge in [-0.25, -0.2) is 9.78 Å². The van der Waals surface area contributed by atoms with Crippen LogP contribution in [0.15, 0.2) is 58.9 Å². The fourth-order valence-electron chi connectivity index (χ4n) is 4.74. The Morgan fingerprint density at radius 3 is 2.68 bits per heavy atom. The van der Waals surface area contributed by atoms with Crippen molar-refractivity contribution >= 4 is 23.1 Å². The lowest BCUT2D eigenvalue weighted by atomic mass is 9.88. The van der Waals surface area contributed by atoms with Crippen molar-refractivity contribution in [2.45, 2.75) is 57.5 Å². The van der Waals surface area contributed by atoms with Crippen LogP contribution in [0.25, 0.3) is 10.9 Å². The quantitative estimate of drug-likeness (QED) is 0.232. The van der Waals surface area contributed by atoms with Gasteiger partial charge in [-0.3, -0.25) is 4.79 Å². The van der Waals surface area contributed by atoms with Crippen molar-refractivity contribution in [1.82, 2.24) is 9.66 Å². The predicted octanol–water partition coefficient (Wildman–Crippen LogP) is 5.00. The summed E-state index contributed by atoms with van der Waals surface area (Å²) in [5, 5.41) is 5.16. The Hall–Kier alpha value is -3.94. The highest BCUT2D eigenvalue weighted by Crippen LogP contribution is 2.35. The number of aromatic nitrogens is 2. The van der Waals surface area contributed by atoms with Gasteiger partial charge < -0.3 is 14.2 Å². The normalized spacial score (nSPS) is 15.0. The molecule has 0 amide bonds. The van der Waals surface area contributed by atoms with E-state index < -0.39 is 12.1 Å². The first-order chi connectivity index (χ1) is 18.0. The van der Waals surface area contributed by atoms with Gasteiger partial charge >= 0.3 is 5.97 Å². The van der Waals surface area contributed by atoms with Gasteiger partial charge in [0.25, 0.3) is 5.56 Å². The maximum Gasteiger partial charge on any atom is 0.346 e. The molecule has 0 saturated heterocycles. The fraction of sp³-hybridized carbons (Fsp3) is 0.379. The minimum atomic E-state index is -0.817. The monoisotopic (exact) mass is 503 g/mol. The summed E-state index contributed by atoms with van der Waals surface area (Å²) in [5.74, 6) is 1.27. The number of nitrogens with zero attached hydrogens (tertiary/aromatic N) is 3. The van der Waals surface area contributed by atoms with E-state index in [2.05, 4.69) is 11.7 Å². The molecule has 8 nitrogen and oxygen atoms in total. The first kappa shape index (κ1) is 26.1. The average Bonchev–Trinajstić information content (AvgIpc) is 2.93. The van der Waals surface area contributed by atoms with Crippen LogP contribution < -0.4 is 15.0 Å². The van der Waals surface area contributed by atoms with Gasteiger partial charge in [-0.2, -0.15) is 9.78 Å². The molecular weight excluding hydrogens is 470 g/mol. The number of fused-ring (bicyclic) bond motifs is 1. The van der Waals surface area contributed by atoms with Crippen LogP contribution in [0.2, 0.25) is 0 Å². The SMILES string of the molecule is C=CCc1cc(C=Nn2c(C3CCCCC3)nc3ccccc3c2=O)cc(OC)c1O[C@@H](C)C(=O)OC. The van der Waals surface area contributed by atoms with E-state index in [1.807, 2.05) is 24.3 Å². The Balaban J connectivity index is 1.78. The lowest BCUT2D eigenvalue weighted by molar-refractivity contribution is -0.147. The molecule has 37 heavy (non-hydrogen) atoms. The van der Waals surface area contributed by atoms with Crippen molar-refractivity contribution in [3.8, 4) is 11.5 Å². The van der Waals surface area contributed by atoms with Gasteiger partial charge in [0.2, 0.25) is 0 Å². The van der Waals surface area contributed by atoms with E-state index in [4.69, 9.17) is 19.2 Å². The number of esters is 1. The molecule has 1 aromatic heterocycles. The van der Waals surface area contributed by atoms with Crippen molar-refractivity contribution in [3.63, 3.8) is 0 Å². The van der Waals surface area contributed by atoms with E-state index in [0.29, 0.717) is 40.2 Å². The molecule has 0 N–H and O–H groups in total. The van der Waals surface area contributed by atoms with Gasteiger partial charge in [0.1, 0.15) is 5.82 Å². The van der Waals surface area contributed by atoms with Gasteiger partial charge in [-0.1, -0.05) is 37.5 Å². The average molecular weight is 504 g/mol. The van der Waals surface area contributed by atoms with Crippen molar-refractivity contribution in [2.24, 2.45) is 5.10 Å². The molecule has 3 aromatic rings. The van der Waals surface area contributed by atoms with Crippen LogP contribution in [-0.2, 0) is 16.0 Å². The lowest BCUT2D eigenvalue weighted by Gasteiger charge is -2.22. The van der Waals surface area contributed by atoms with Crippen molar-refractivity contribution in [3.05, 3.63) is 76.4 Å². The van der Waals surface area contributed by atoms with Crippen LogP contribution in [0.4, 0.5) is 0 Å². The number of ether oxygens (including phenoxy) is 3. The molecule has 0 bridgehead atoms. The van der Waals surface area contributed by atoms with E-state index in [1.54, 1.807) is 31.3 Å². The summed E-state index contributed by atoms with van der Waals surface area (Å²) in [5.41, 5.74) is 1.98. The number of carbonyl (C=O) groups excluding carboxylic acids is 1. The highest BCUT2D eigenvalue weighted by molar-refractivity contribution is 5.82. The fourth-order valence-corrected chi connectivity index (χ4v) is 4.74. The summed E-state index contributed by atoms with van der Waals surface area (Å²) in [6, 6.07) is 11.0. The number of hydrogen-bond donors (Lipinski definition) is 0. The van der Waals surface area contributed by atoms with Crippen molar-refractivity contribution in [2.75, 3.05) is 14.2 Å². The highest BCUT2D eigenvalue weighted by atomic mass is 16.6. The third-order valence-corrected chi connectivity index (χ3v) is 6.64. The zero-order chi connectivity index (χ0) is 26.4. The number of para-hydroxylation sites is 1. The second kappa shape index (κ2) is 11.9. The number of rotatable bonds is 9. The molecule has 1 fully saturated rings. The maximum atomic E-state index is 13.5. The topological polar surface area (TPSA) is 92.0 Å². The Morgan fingerprint density at radius 2 is 1.97 bits per heavy atom. The molecule has 8 heteroatoms. The predicted molar refractivity (Wildman–Crippen MR) is 144 cm³/mol. The van der Waals surface area contributed by atoms with E-state index in [1.165, 1.54) is 25.3 Å². The van der Waals surface area contributed by atoms with Gasteiger partial charge in [0.15, 0.2) is 17.6 Å². The molecular formula is C29H33N3O5. The Labute approximate surface area is 216 Å². The van der Waals surface area contributed by atoms with Gasteiger partial charge in [0, 0.05) is 11.5 Å². The third-order valence-electron chi connectivity index (χ3n) is 6.64. The number of carbonyl (C=O) groups is 1. The van der Waals surface area contributed by atoms with Crippen LogP contribution >= 0.6 is 0 Å². The Bertz CT molecular complexity index is 1370. The summed E-state index contributed by atoms with van der Waals surface area (Å²) in [6.07, 6.45) is 8.44. The molecule has 0 aliphatic heterocycles. The number of methoxy groups -OCH3 is 2. The smallest absolute Gasteiger partial charge is 0.346 e. The summed E-state index contributed by atoms with van der Waals surface area (Å²) in [4.78, 5) is 30.3. The molecule has 4 rings (SSSR count). The molecule has 0 unspecified atom stereocenters. The van der Waals surface area contributed by atoms with Crippen LogP contribution in [0.3, 0.4) is 0 Å². The lowest BCUT2D eigenvalue weighted by Crippen LogP contribution is -2.26. The first-order valence-corrected chi connectivity index (χ1v) is 12.6. The van der Waals surface area contributed by atoms with Crippen LogP contribution in [0.5, 0.6) is 11.5 Å². The molecule has 0 spiro atoms. The van der Waals surface area contributed by atoms with Crippen LogP contribution in [-0.4, -0.2) is 42.2 Å². The minimum Gasteiger partial charge on any atom is -0.493 e. The largest absolute Gasteiger partial charge is 0.493 e. The summed E-state index contributed by atoms with van der Waals surface area (Å²) in [6.45, 7) is 5.45. The minimum absolute atomic E-state index is 0.185. The zero-order valence-corrected chi connectivity index (χ0v) is 21.6. The maximum absolute atomic E-state index is 13.5. The molecule has 2 aromatic carbocycles. The summed E-state index contributed by atoms with van der Waals surface area (Å²) >= 11 is 0.